The van der Waals surface area contributed by atoms with E-state index in [4.69, 9.17) is 9.84 Å². The van der Waals surface area contributed by atoms with Crippen LogP contribution in [-0.4, -0.2) is 67.3 Å². The molecule has 2 amide bonds. The highest BCUT2D eigenvalue weighted by atomic mass is 16.5. The lowest BCUT2D eigenvalue weighted by molar-refractivity contribution is -0.137. The molecule has 6 nitrogen and oxygen atoms in total. The van der Waals surface area contributed by atoms with Crippen molar-refractivity contribution in [2.24, 2.45) is 0 Å². The molecule has 0 saturated heterocycles. The van der Waals surface area contributed by atoms with Gasteiger partial charge in [0.1, 0.15) is 6.54 Å². The third-order valence-electron chi connectivity index (χ3n) is 2.15. The number of likely N-dealkylation sites (N-methyl/N-ethyl adjacent to an activating group) is 1. The summed E-state index contributed by atoms with van der Waals surface area (Å²) >= 11 is 0. The number of nitrogens with zero attached hydrogens (tertiary/aromatic N) is 2. The first-order valence-corrected chi connectivity index (χ1v) is 5.23. The molecule has 0 aliphatic carbocycles. The summed E-state index contributed by atoms with van der Waals surface area (Å²) < 4.78 is 4.88. The Hall–Kier alpha value is -1.30. The van der Waals surface area contributed by atoms with Crippen molar-refractivity contribution in [3.8, 4) is 0 Å². The fourth-order valence-electron chi connectivity index (χ4n) is 1.26. The van der Waals surface area contributed by atoms with Crippen molar-refractivity contribution in [2.45, 2.75) is 13.3 Å². The van der Waals surface area contributed by atoms with Gasteiger partial charge >= 0.3 is 12.0 Å². The van der Waals surface area contributed by atoms with Crippen LogP contribution in [0.1, 0.15) is 13.3 Å². The molecule has 0 atom stereocenters. The van der Waals surface area contributed by atoms with Crippen molar-refractivity contribution in [1.82, 2.24) is 9.80 Å². The van der Waals surface area contributed by atoms with Crippen LogP contribution in [0.5, 0.6) is 0 Å². The Morgan fingerprint density at radius 3 is 2.44 bits per heavy atom. The molecule has 1 N–H and O–H groups in total. The monoisotopic (exact) mass is 232 g/mol. The molecule has 0 aliphatic rings. The largest absolute Gasteiger partial charge is 0.480 e. The van der Waals surface area contributed by atoms with E-state index in [2.05, 4.69) is 0 Å². The summed E-state index contributed by atoms with van der Waals surface area (Å²) in [6, 6.07) is -0.263. The topological polar surface area (TPSA) is 70.1 Å². The molecule has 0 spiro atoms. The van der Waals surface area contributed by atoms with Gasteiger partial charge in [-0.05, 0) is 13.3 Å². The molecule has 0 bridgehead atoms. The summed E-state index contributed by atoms with van der Waals surface area (Å²) in [5, 5.41) is 8.63. The Morgan fingerprint density at radius 2 is 2.00 bits per heavy atom. The third kappa shape index (κ3) is 5.55. The molecule has 0 saturated carbocycles. The van der Waals surface area contributed by atoms with Crippen LogP contribution < -0.4 is 0 Å². The number of carbonyl (C=O) groups excluding carboxylic acids is 1. The van der Waals surface area contributed by atoms with Gasteiger partial charge in [0.05, 0.1) is 0 Å². The van der Waals surface area contributed by atoms with E-state index in [9.17, 15) is 9.59 Å². The number of carbonyl (C=O) groups is 2. The average Bonchev–Trinajstić information content (AvgIpc) is 2.24. The molecule has 0 fully saturated rings. The van der Waals surface area contributed by atoms with Gasteiger partial charge in [-0.2, -0.15) is 0 Å². The summed E-state index contributed by atoms with van der Waals surface area (Å²) in [6.07, 6.45) is 0.739. The molecule has 0 radical (unpaired) electrons. The van der Waals surface area contributed by atoms with Crippen molar-refractivity contribution in [2.75, 3.05) is 40.4 Å². The number of ether oxygens (including phenoxy) is 1. The smallest absolute Gasteiger partial charge is 0.323 e. The maximum Gasteiger partial charge on any atom is 0.323 e. The van der Waals surface area contributed by atoms with Gasteiger partial charge in [0.2, 0.25) is 0 Å². The Kier molecular flexibility index (Phi) is 7.28. The summed E-state index contributed by atoms with van der Waals surface area (Å²) in [7, 11) is 3.26. The lowest BCUT2D eigenvalue weighted by Crippen LogP contribution is -2.44. The molecule has 6 heteroatoms. The first kappa shape index (κ1) is 14.7. The van der Waals surface area contributed by atoms with Crippen LogP contribution in [0.4, 0.5) is 4.79 Å². The van der Waals surface area contributed by atoms with Crippen molar-refractivity contribution in [3.63, 3.8) is 0 Å². The van der Waals surface area contributed by atoms with Crippen LogP contribution in [0.15, 0.2) is 0 Å². The van der Waals surface area contributed by atoms with E-state index in [0.717, 1.165) is 6.42 Å². The summed E-state index contributed by atoms with van der Waals surface area (Å²) in [5.41, 5.74) is 0. The first-order chi connectivity index (χ1) is 7.52. The molecule has 16 heavy (non-hydrogen) atoms. The van der Waals surface area contributed by atoms with Gasteiger partial charge in [-0.1, -0.05) is 0 Å². The minimum atomic E-state index is -1.000. The van der Waals surface area contributed by atoms with Crippen molar-refractivity contribution < 1.29 is 19.4 Å². The van der Waals surface area contributed by atoms with Gasteiger partial charge in [0, 0.05) is 33.9 Å². The van der Waals surface area contributed by atoms with Crippen LogP contribution in [0.2, 0.25) is 0 Å². The van der Waals surface area contributed by atoms with Crippen molar-refractivity contribution >= 4 is 12.0 Å². The van der Waals surface area contributed by atoms with Crippen LogP contribution in [0.3, 0.4) is 0 Å². The number of carboxylic acids is 1. The fraction of sp³-hybridized carbons (Fsp3) is 0.800. The lowest BCUT2D eigenvalue weighted by atomic mass is 10.4. The maximum atomic E-state index is 11.8. The normalized spacial score (nSPS) is 9.94. The Bertz CT molecular complexity index is 233. The third-order valence-corrected chi connectivity index (χ3v) is 2.15. The molecule has 0 aromatic heterocycles. The second kappa shape index (κ2) is 7.92. The predicted octanol–water partition coefficient (Wildman–Crippen LogP) is 0.481. The first-order valence-electron chi connectivity index (χ1n) is 5.23. The minimum Gasteiger partial charge on any atom is -0.480 e. The SMILES string of the molecule is CCN(CC(=O)O)C(=O)N(C)CCCOC. The molecule has 0 unspecified atom stereocenters. The zero-order chi connectivity index (χ0) is 12.6. The van der Waals surface area contributed by atoms with Crippen LogP contribution in [-0.2, 0) is 9.53 Å². The summed E-state index contributed by atoms with van der Waals surface area (Å²) in [5.74, 6) is -1.000. The average molecular weight is 232 g/mol. The van der Waals surface area contributed by atoms with Crippen molar-refractivity contribution in [1.29, 1.82) is 0 Å². The van der Waals surface area contributed by atoms with Crippen molar-refractivity contribution in [3.05, 3.63) is 0 Å². The predicted molar refractivity (Wildman–Crippen MR) is 59.4 cm³/mol. The standard InChI is InChI=1S/C10H20N2O4/c1-4-12(8-9(13)14)10(15)11(2)6-5-7-16-3/h4-8H2,1-3H3,(H,13,14). The minimum absolute atomic E-state index is 0.260. The second-order valence-electron chi connectivity index (χ2n) is 3.46. The quantitative estimate of drug-likeness (QED) is 0.648. The van der Waals surface area contributed by atoms with Gasteiger partial charge in [-0.15, -0.1) is 0 Å². The second-order valence-corrected chi connectivity index (χ2v) is 3.46. The lowest BCUT2D eigenvalue weighted by Gasteiger charge is -2.25. The van der Waals surface area contributed by atoms with Gasteiger partial charge in [0.25, 0.3) is 0 Å². The molecule has 0 aliphatic heterocycles. The Balaban J connectivity index is 4.11. The van der Waals surface area contributed by atoms with E-state index < -0.39 is 5.97 Å². The highest BCUT2D eigenvalue weighted by Crippen LogP contribution is 1.98. The van der Waals surface area contributed by atoms with E-state index in [1.54, 1.807) is 21.1 Å². The number of hydrogen-bond acceptors (Lipinski definition) is 3. The van der Waals surface area contributed by atoms with Crippen LogP contribution in [0, 0.1) is 0 Å². The molecular formula is C10H20N2O4. The van der Waals surface area contributed by atoms with E-state index >= 15 is 0 Å². The van der Waals surface area contributed by atoms with E-state index in [1.807, 2.05) is 0 Å². The van der Waals surface area contributed by atoms with Crippen LogP contribution >= 0.6 is 0 Å². The Morgan fingerprint density at radius 1 is 1.38 bits per heavy atom. The highest BCUT2D eigenvalue weighted by Gasteiger charge is 2.18. The number of hydrogen-bond donors (Lipinski definition) is 1. The summed E-state index contributed by atoms with van der Waals surface area (Å²) in [4.78, 5) is 25.1. The molecular weight excluding hydrogens is 212 g/mol. The number of methoxy groups -OCH3 is 1. The van der Waals surface area contributed by atoms with Crippen LogP contribution in [0.25, 0.3) is 0 Å². The number of aliphatic carboxylic acids is 1. The zero-order valence-electron chi connectivity index (χ0n) is 10.1. The molecule has 0 rings (SSSR count). The number of urea groups is 1. The van der Waals surface area contributed by atoms with Gasteiger partial charge in [-0.3, -0.25) is 4.79 Å². The van der Waals surface area contributed by atoms with Gasteiger partial charge in [-0.25, -0.2) is 4.79 Å². The summed E-state index contributed by atoms with van der Waals surface area (Å²) in [6.45, 7) is 3.03. The van der Waals surface area contributed by atoms with Gasteiger partial charge < -0.3 is 19.6 Å². The maximum absolute atomic E-state index is 11.8. The Labute approximate surface area is 95.8 Å². The molecule has 0 heterocycles. The van der Waals surface area contributed by atoms with E-state index in [1.165, 1.54) is 9.80 Å². The van der Waals surface area contributed by atoms with E-state index in [0.29, 0.717) is 19.7 Å². The molecule has 0 aromatic carbocycles. The van der Waals surface area contributed by atoms with Gasteiger partial charge in [0.15, 0.2) is 0 Å². The molecule has 0 aromatic rings. The number of rotatable bonds is 7. The number of amides is 2. The highest BCUT2D eigenvalue weighted by molar-refractivity contribution is 5.79. The zero-order valence-corrected chi connectivity index (χ0v) is 10.1. The van der Waals surface area contributed by atoms with E-state index in [-0.39, 0.29) is 12.6 Å². The fourth-order valence-corrected chi connectivity index (χ4v) is 1.26. The number of carboxylic acid groups (broad SMARTS) is 1. The molecule has 94 valence electrons.